The Kier molecular flexibility index (Phi) is 4.22. The van der Waals surface area contributed by atoms with Crippen molar-refractivity contribution in [3.8, 4) is 28.0 Å². The Hall–Kier alpha value is -2.58. The lowest BCUT2D eigenvalue weighted by atomic mass is 9.90. The van der Waals surface area contributed by atoms with Crippen LogP contribution in [-0.2, 0) is 6.61 Å². The molecule has 0 fully saturated rings. The summed E-state index contributed by atoms with van der Waals surface area (Å²) in [6, 6.07) is 24.1. The minimum Gasteiger partial charge on any atom is -0.496 e. The van der Waals surface area contributed by atoms with E-state index >= 15 is 0 Å². The Morgan fingerprint density at radius 3 is 1.77 bits per heavy atom. The van der Waals surface area contributed by atoms with Gasteiger partial charge in [-0.25, -0.2) is 0 Å². The van der Waals surface area contributed by atoms with Gasteiger partial charge in [-0.2, -0.15) is 0 Å². The minimum atomic E-state index is -0.00590. The Morgan fingerprint density at radius 1 is 0.727 bits per heavy atom. The summed E-state index contributed by atoms with van der Waals surface area (Å²) in [6.45, 7) is -0.00590. The standard InChI is InChI=1S/C20H18O2/c1-22-18-13-12-17(14-21)19(15-8-4-2-5-9-15)20(18)16-10-6-3-7-11-16/h2-13,21H,14H2,1H3. The molecule has 0 aliphatic heterocycles. The van der Waals surface area contributed by atoms with E-state index in [1.807, 2.05) is 48.5 Å². The molecule has 0 radical (unpaired) electrons. The number of methoxy groups -OCH3 is 1. The largest absolute Gasteiger partial charge is 0.496 e. The molecule has 0 heterocycles. The van der Waals surface area contributed by atoms with Crippen molar-refractivity contribution in [1.82, 2.24) is 0 Å². The van der Waals surface area contributed by atoms with Gasteiger partial charge in [0.1, 0.15) is 5.75 Å². The smallest absolute Gasteiger partial charge is 0.127 e. The van der Waals surface area contributed by atoms with Crippen molar-refractivity contribution in [3.05, 3.63) is 78.4 Å². The summed E-state index contributed by atoms with van der Waals surface area (Å²) < 4.78 is 5.58. The van der Waals surface area contributed by atoms with Gasteiger partial charge in [0, 0.05) is 5.56 Å². The second-order valence-electron chi connectivity index (χ2n) is 5.07. The lowest BCUT2D eigenvalue weighted by Crippen LogP contribution is -1.97. The van der Waals surface area contributed by atoms with Gasteiger partial charge >= 0.3 is 0 Å². The van der Waals surface area contributed by atoms with Crippen LogP contribution in [0.3, 0.4) is 0 Å². The topological polar surface area (TPSA) is 29.5 Å². The second kappa shape index (κ2) is 6.46. The first-order valence-electron chi connectivity index (χ1n) is 7.26. The van der Waals surface area contributed by atoms with E-state index in [1.165, 1.54) is 0 Å². The first-order chi connectivity index (χ1) is 10.8. The lowest BCUT2D eigenvalue weighted by Gasteiger charge is -2.18. The van der Waals surface area contributed by atoms with E-state index in [-0.39, 0.29) is 6.61 Å². The highest BCUT2D eigenvalue weighted by atomic mass is 16.5. The molecule has 0 aromatic heterocycles. The molecule has 0 amide bonds. The van der Waals surface area contributed by atoms with Crippen LogP contribution in [0.25, 0.3) is 22.3 Å². The van der Waals surface area contributed by atoms with Crippen LogP contribution in [0.4, 0.5) is 0 Å². The van der Waals surface area contributed by atoms with Gasteiger partial charge < -0.3 is 9.84 Å². The zero-order valence-corrected chi connectivity index (χ0v) is 12.5. The Balaban J connectivity index is 2.35. The molecule has 2 nitrogen and oxygen atoms in total. The van der Waals surface area contributed by atoms with E-state index in [9.17, 15) is 5.11 Å². The molecule has 22 heavy (non-hydrogen) atoms. The van der Waals surface area contributed by atoms with Crippen molar-refractivity contribution < 1.29 is 9.84 Å². The quantitative estimate of drug-likeness (QED) is 0.765. The second-order valence-corrected chi connectivity index (χ2v) is 5.07. The SMILES string of the molecule is COc1ccc(CO)c(-c2ccccc2)c1-c1ccccc1. The average Bonchev–Trinajstić information content (AvgIpc) is 2.61. The van der Waals surface area contributed by atoms with Gasteiger partial charge in [-0.1, -0.05) is 66.7 Å². The van der Waals surface area contributed by atoms with Crippen molar-refractivity contribution >= 4 is 0 Å². The number of aliphatic hydroxyl groups is 1. The zero-order chi connectivity index (χ0) is 15.4. The van der Waals surface area contributed by atoms with Gasteiger partial charge in [-0.3, -0.25) is 0 Å². The van der Waals surface area contributed by atoms with Crippen LogP contribution < -0.4 is 4.74 Å². The first kappa shape index (κ1) is 14.4. The molecule has 0 saturated heterocycles. The molecular weight excluding hydrogens is 272 g/mol. The van der Waals surface area contributed by atoms with Crippen molar-refractivity contribution in [1.29, 1.82) is 0 Å². The highest BCUT2D eigenvalue weighted by molar-refractivity contribution is 5.89. The normalized spacial score (nSPS) is 10.5. The maximum absolute atomic E-state index is 9.77. The molecule has 2 heteroatoms. The summed E-state index contributed by atoms with van der Waals surface area (Å²) in [6.07, 6.45) is 0. The van der Waals surface area contributed by atoms with Crippen LogP contribution in [0.2, 0.25) is 0 Å². The van der Waals surface area contributed by atoms with E-state index in [2.05, 4.69) is 24.3 Å². The van der Waals surface area contributed by atoms with Crippen LogP contribution in [0, 0.1) is 0 Å². The van der Waals surface area contributed by atoms with E-state index in [0.717, 1.165) is 33.6 Å². The third-order valence-electron chi connectivity index (χ3n) is 3.77. The molecule has 110 valence electrons. The van der Waals surface area contributed by atoms with Gasteiger partial charge in [-0.05, 0) is 28.3 Å². The molecule has 0 aliphatic carbocycles. The summed E-state index contributed by atoms with van der Waals surface area (Å²) >= 11 is 0. The predicted octanol–water partition coefficient (Wildman–Crippen LogP) is 4.52. The van der Waals surface area contributed by atoms with Crippen molar-refractivity contribution in [2.24, 2.45) is 0 Å². The molecule has 0 spiro atoms. The predicted molar refractivity (Wildman–Crippen MR) is 89.8 cm³/mol. The summed E-state index contributed by atoms with van der Waals surface area (Å²) in [5.41, 5.74) is 5.08. The summed E-state index contributed by atoms with van der Waals surface area (Å²) in [7, 11) is 1.68. The van der Waals surface area contributed by atoms with Crippen LogP contribution in [0.5, 0.6) is 5.75 Å². The number of hydrogen-bond acceptors (Lipinski definition) is 2. The van der Waals surface area contributed by atoms with Gasteiger partial charge in [0.25, 0.3) is 0 Å². The Bertz CT molecular complexity index is 683. The first-order valence-corrected chi connectivity index (χ1v) is 7.26. The third kappa shape index (κ3) is 2.61. The maximum atomic E-state index is 9.77. The number of aliphatic hydroxyl groups excluding tert-OH is 1. The van der Waals surface area contributed by atoms with Crippen LogP contribution >= 0.6 is 0 Å². The number of hydrogen-bond donors (Lipinski definition) is 1. The van der Waals surface area contributed by atoms with E-state index in [1.54, 1.807) is 7.11 Å². The average molecular weight is 290 g/mol. The number of rotatable bonds is 4. The van der Waals surface area contributed by atoms with Crippen molar-refractivity contribution in [2.45, 2.75) is 6.61 Å². The van der Waals surface area contributed by atoms with Gasteiger partial charge in [0.05, 0.1) is 13.7 Å². The van der Waals surface area contributed by atoms with Crippen LogP contribution in [0.1, 0.15) is 5.56 Å². The molecular formula is C20H18O2. The fourth-order valence-electron chi connectivity index (χ4n) is 2.75. The number of ether oxygens (including phenoxy) is 1. The van der Waals surface area contributed by atoms with Crippen LogP contribution in [-0.4, -0.2) is 12.2 Å². The van der Waals surface area contributed by atoms with E-state index in [0.29, 0.717) is 0 Å². The van der Waals surface area contributed by atoms with Gasteiger partial charge in [-0.15, -0.1) is 0 Å². The van der Waals surface area contributed by atoms with Crippen molar-refractivity contribution in [3.63, 3.8) is 0 Å². The minimum absolute atomic E-state index is 0.00590. The maximum Gasteiger partial charge on any atom is 0.127 e. The molecule has 0 unspecified atom stereocenters. The molecule has 3 aromatic carbocycles. The molecule has 0 bridgehead atoms. The highest BCUT2D eigenvalue weighted by Crippen LogP contribution is 2.41. The van der Waals surface area contributed by atoms with Gasteiger partial charge in [0.2, 0.25) is 0 Å². The summed E-state index contributed by atoms with van der Waals surface area (Å²) in [5, 5.41) is 9.77. The third-order valence-corrected chi connectivity index (χ3v) is 3.77. The molecule has 3 rings (SSSR count). The number of benzene rings is 3. The van der Waals surface area contributed by atoms with Crippen molar-refractivity contribution in [2.75, 3.05) is 7.11 Å². The van der Waals surface area contributed by atoms with Crippen LogP contribution in [0.15, 0.2) is 72.8 Å². The molecule has 0 saturated carbocycles. The highest BCUT2D eigenvalue weighted by Gasteiger charge is 2.16. The Morgan fingerprint density at radius 2 is 1.27 bits per heavy atom. The molecule has 0 aliphatic rings. The fourth-order valence-corrected chi connectivity index (χ4v) is 2.75. The fraction of sp³-hybridized carbons (Fsp3) is 0.100. The van der Waals surface area contributed by atoms with Gasteiger partial charge in [0.15, 0.2) is 0 Å². The molecule has 3 aromatic rings. The summed E-state index contributed by atoms with van der Waals surface area (Å²) in [5.74, 6) is 0.808. The lowest BCUT2D eigenvalue weighted by molar-refractivity contribution is 0.282. The molecule has 0 atom stereocenters. The zero-order valence-electron chi connectivity index (χ0n) is 12.5. The monoisotopic (exact) mass is 290 g/mol. The molecule has 1 N–H and O–H groups in total. The Labute approximate surface area is 130 Å². The van der Waals surface area contributed by atoms with E-state index < -0.39 is 0 Å². The van der Waals surface area contributed by atoms with E-state index in [4.69, 9.17) is 4.74 Å². The summed E-state index contributed by atoms with van der Waals surface area (Å²) in [4.78, 5) is 0.